The fraction of sp³-hybridized carbons (Fsp3) is 0.346. The van der Waals surface area contributed by atoms with Crippen LogP contribution in [0.2, 0.25) is 0 Å². The van der Waals surface area contributed by atoms with Crippen LogP contribution in [0.15, 0.2) is 60.7 Å². The van der Waals surface area contributed by atoms with E-state index >= 15 is 0 Å². The second-order valence-electron chi connectivity index (χ2n) is 8.69. The quantitative estimate of drug-likeness (QED) is 0.337. The maximum absolute atomic E-state index is 12.1. The molecule has 6 nitrogen and oxygen atoms in total. The standard InChI is InChI=1S/C26H27NO5/c1-27-14-13-26-12-11-20(28)15-22(26)32-25-21(9-8-19(16-27)24(25)26)30-17-31-23(29)10-7-18-5-3-2-4-6-18/h2-12,20,22,28H,13-17H2,1H3. The molecule has 166 valence electrons. The van der Waals surface area contributed by atoms with E-state index in [0.29, 0.717) is 17.9 Å². The van der Waals surface area contributed by atoms with Crippen molar-refractivity contribution in [2.24, 2.45) is 0 Å². The minimum absolute atomic E-state index is 0.135. The molecule has 32 heavy (non-hydrogen) atoms. The average Bonchev–Trinajstić information content (AvgIpc) is 3.05. The van der Waals surface area contributed by atoms with Gasteiger partial charge in [0, 0.05) is 24.6 Å². The Hall–Kier alpha value is -3.09. The average molecular weight is 434 g/mol. The van der Waals surface area contributed by atoms with E-state index in [1.807, 2.05) is 42.5 Å². The number of carbonyl (C=O) groups excluding carboxylic acids is 1. The molecule has 6 heteroatoms. The number of esters is 1. The first-order valence-electron chi connectivity index (χ1n) is 11.0. The fourth-order valence-electron chi connectivity index (χ4n) is 4.96. The molecule has 0 saturated carbocycles. The van der Waals surface area contributed by atoms with Gasteiger partial charge in [-0.3, -0.25) is 0 Å². The van der Waals surface area contributed by atoms with E-state index in [9.17, 15) is 9.90 Å². The second-order valence-corrected chi connectivity index (χ2v) is 8.69. The van der Waals surface area contributed by atoms with E-state index in [4.69, 9.17) is 14.2 Å². The van der Waals surface area contributed by atoms with Gasteiger partial charge in [0.05, 0.1) is 11.5 Å². The lowest BCUT2D eigenvalue weighted by Gasteiger charge is -2.35. The zero-order valence-electron chi connectivity index (χ0n) is 18.1. The summed E-state index contributed by atoms with van der Waals surface area (Å²) in [5.41, 5.74) is 3.01. The molecule has 0 aromatic heterocycles. The van der Waals surface area contributed by atoms with Gasteiger partial charge in [-0.2, -0.15) is 0 Å². The third-order valence-corrected chi connectivity index (χ3v) is 6.55. The summed E-state index contributed by atoms with van der Waals surface area (Å²) in [5.74, 6) is 0.793. The van der Waals surface area contributed by atoms with Crippen molar-refractivity contribution in [2.75, 3.05) is 20.4 Å². The van der Waals surface area contributed by atoms with E-state index in [1.165, 1.54) is 11.6 Å². The summed E-state index contributed by atoms with van der Waals surface area (Å²) in [4.78, 5) is 14.4. The van der Waals surface area contributed by atoms with Gasteiger partial charge in [-0.25, -0.2) is 4.79 Å². The van der Waals surface area contributed by atoms with Crippen molar-refractivity contribution in [1.29, 1.82) is 0 Å². The highest BCUT2D eigenvalue weighted by molar-refractivity contribution is 5.87. The van der Waals surface area contributed by atoms with Crippen molar-refractivity contribution < 1.29 is 24.1 Å². The molecule has 0 bridgehead atoms. The Morgan fingerprint density at radius 1 is 1.28 bits per heavy atom. The molecule has 1 aliphatic carbocycles. The lowest BCUT2D eigenvalue weighted by atomic mass is 9.69. The normalized spacial score (nSPS) is 26.2. The predicted molar refractivity (Wildman–Crippen MR) is 120 cm³/mol. The van der Waals surface area contributed by atoms with E-state index in [-0.39, 0.29) is 18.3 Å². The molecule has 3 unspecified atom stereocenters. The zero-order valence-corrected chi connectivity index (χ0v) is 18.1. The van der Waals surface area contributed by atoms with Gasteiger partial charge in [0.15, 0.2) is 11.5 Å². The number of aliphatic hydroxyl groups is 1. The van der Waals surface area contributed by atoms with Crippen LogP contribution in [0.25, 0.3) is 6.08 Å². The van der Waals surface area contributed by atoms with Crippen LogP contribution in [-0.2, 0) is 21.5 Å². The summed E-state index contributed by atoms with van der Waals surface area (Å²) >= 11 is 0. The van der Waals surface area contributed by atoms with Crippen LogP contribution in [0.4, 0.5) is 0 Å². The Morgan fingerprint density at radius 3 is 2.97 bits per heavy atom. The largest absolute Gasteiger partial charge is 0.485 e. The molecule has 0 saturated heterocycles. The molecule has 5 rings (SSSR count). The van der Waals surface area contributed by atoms with Gasteiger partial charge >= 0.3 is 5.97 Å². The van der Waals surface area contributed by atoms with Crippen LogP contribution < -0.4 is 9.47 Å². The zero-order chi connectivity index (χ0) is 22.1. The molecule has 1 N–H and O–H groups in total. The van der Waals surface area contributed by atoms with Crippen LogP contribution in [-0.4, -0.2) is 48.6 Å². The molecule has 2 aliphatic heterocycles. The second kappa shape index (κ2) is 8.45. The Bertz CT molecular complexity index is 1060. The minimum atomic E-state index is -0.508. The number of hydrogen-bond acceptors (Lipinski definition) is 6. The van der Waals surface area contributed by atoms with Gasteiger partial charge in [0.25, 0.3) is 0 Å². The number of carbonyl (C=O) groups is 1. The molecule has 1 spiro atoms. The van der Waals surface area contributed by atoms with Crippen molar-refractivity contribution in [3.8, 4) is 11.5 Å². The van der Waals surface area contributed by atoms with E-state index < -0.39 is 12.1 Å². The molecular formula is C26H27NO5. The molecule has 0 amide bonds. The van der Waals surface area contributed by atoms with Crippen molar-refractivity contribution in [2.45, 2.75) is 37.0 Å². The summed E-state index contributed by atoms with van der Waals surface area (Å²) in [6, 6.07) is 13.5. The number of ether oxygens (including phenoxy) is 3. The van der Waals surface area contributed by atoms with Gasteiger partial charge in [-0.05, 0) is 43.3 Å². The molecule has 3 atom stereocenters. The molecule has 3 aliphatic rings. The minimum Gasteiger partial charge on any atom is -0.485 e. The lowest BCUT2D eigenvalue weighted by Crippen LogP contribution is -2.42. The monoisotopic (exact) mass is 433 g/mol. The first-order chi connectivity index (χ1) is 15.5. The third kappa shape index (κ3) is 3.80. The van der Waals surface area contributed by atoms with E-state index in [0.717, 1.165) is 30.6 Å². The fourth-order valence-corrected chi connectivity index (χ4v) is 4.96. The Labute approximate surface area is 187 Å². The van der Waals surface area contributed by atoms with Crippen LogP contribution in [0, 0.1) is 0 Å². The first kappa shape index (κ1) is 20.8. The maximum atomic E-state index is 12.1. The number of aliphatic hydroxyl groups excluding tert-OH is 1. The van der Waals surface area contributed by atoms with Gasteiger partial charge in [0.1, 0.15) is 6.10 Å². The summed E-state index contributed by atoms with van der Waals surface area (Å²) in [5, 5.41) is 10.2. The maximum Gasteiger partial charge on any atom is 0.333 e. The molecule has 2 aromatic carbocycles. The summed E-state index contributed by atoms with van der Waals surface area (Å²) < 4.78 is 17.4. The number of hydrogen-bond donors (Lipinski definition) is 1. The van der Waals surface area contributed by atoms with Crippen LogP contribution >= 0.6 is 0 Å². The summed E-state index contributed by atoms with van der Waals surface area (Å²) in [6.45, 7) is 1.56. The van der Waals surface area contributed by atoms with Gasteiger partial charge in [-0.1, -0.05) is 48.6 Å². The lowest BCUT2D eigenvalue weighted by molar-refractivity contribution is -0.144. The number of rotatable bonds is 5. The van der Waals surface area contributed by atoms with Gasteiger partial charge < -0.3 is 24.2 Å². The Morgan fingerprint density at radius 2 is 2.12 bits per heavy atom. The molecule has 2 heterocycles. The van der Waals surface area contributed by atoms with Crippen molar-refractivity contribution in [3.63, 3.8) is 0 Å². The van der Waals surface area contributed by atoms with Crippen molar-refractivity contribution >= 4 is 12.0 Å². The smallest absolute Gasteiger partial charge is 0.333 e. The van der Waals surface area contributed by atoms with Crippen LogP contribution in [0.3, 0.4) is 0 Å². The molecule has 0 radical (unpaired) electrons. The summed E-state index contributed by atoms with van der Waals surface area (Å²) in [7, 11) is 2.12. The first-order valence-corrected chi connectivity index (χ1v) is 11.0. The van der Waals surface area contributed by atoms with Gasteiger partial charge in [0.2, 0.25) is 6.79 Å². The molecule has 0 fully saturated rings. The van der Waals surface area contributed by atoms with Crippen LogP contribution in [0.5, 0.6) is 11.5 Å². The van der Waals surface area contributed by atoms with Crippen LogP contribution in [0.1, 0.15) is 29.5 Å². The summed E-state index contributed by atoms with van der Waals surface area (Å²) in [6.07, 6.45) is 7.92. The van der Waals surface area contributed by atoms with Gasteiger partial charge in [-0.15, -0.1) is 0 Å². The van der Waals surface area contributed by atoms with E-state index in [2.05, 4.69) is 24.1 Å². The highest BCUT2D eigenvalue weighted by Crippen LogP contribution is 2.55. The predicted octanol–water partition coefficient (Wildman–Crippen LogP) is 3.43. The number of benzene rings is 2. The molecule has 2 aromatic rings. The van der Waals surface area contributed by atoms with Crippen molar-refractivity contribution in [3.05, 3.63) is 77.4 Å². The van der Waals surface area contributed by atoms with E-state index in [1.54, 1.807) is 6.08 Å². The third-order valence-electron chi connectivity index (χ3n) is 6.55. The Balaban J connectivity index is 1.33. The highest BCUT2D eigenvalue weighted by Gasteiger charge is 2.52. The highest BCUT2D eigenvalue weighted by atomic mass is 16.7. The topological polar surface area (TPSA) is 68.2 Å². The molecular weight excluding hydrogens is 406 g/mol. The number of nitrogens with zero attached hydrogens (tertiary/aromatic N) is 1. The van der Waals surface area contributed by atoms with Crippen molar-refractivity contribution in [1.82, 2.24) is 4.90 Å². The Kier molecular flexibility index (Phi) is 5.49. The SMILES string of the molecule is CN1CCC23C=CC(O)CC2Oc2c(OCOC(=O)C=Cc4ccccc4)ccc(c23)C1.